The molecule has 2 aromatic rings. The average Bonchev–Trinajstić information content (AvgIpc) is 2.95. The number of benzene rings is 2. The van der Waals surface area contributed by atoms with E-state index in [1.165, 1.54) is 0 Å². The Kier molecular flexibility index (Phi) is 4.15. The Morgan fingerprint density at radius 1 is 0.962 bits per heavy atom. The fourth-order valence-corrected chi connectivity index (χ4v) is 3.70. The third-order valence-corrected chi connectivity index (χ3v) is 5.37. The van der Waals surface area contributed by atoms with Crippen LogP contribution in [-0.4, -0.2) is 49.9 Å². The zero-order chi connectivity index (χ0) is 18.3. The third kappa shape index (κ3) is 2.94. The molecule has 0 spiro atoms. The van der Waals surface area contributed by atoms with Gasteiger partial charge in [-0.25, -0.2) is 0 Å². The summed E-state index contributed by atoms with van der Waals surface area (Å²) in [6.07, 6.45) is 0.478. The molecule has 0 atom stereocenters. The summed E-state index contributed by atoms with van der Waals surface area (Å²) in [5.41, 5.74) is 5.14. The molecule has 0 aromatic heterocycles. The van der Waals surface area contributed by atoms with Crippen molar-refractivity contribution in [1.29, 1.82) is 0 Å². The summed E-state index contributed by atoms with van der Waals surface area (Å²) in [5, 5.41) is 0. The highest BCUT2D eigenvalue weighted by Gasteiger charge is 2.26. The van der Waals surface area contributed by atoms with Crippen molar-refractivity contribution in [1.82, 2.24) is 4.90 Å². The van der Waals surface area contributed by atoms with Crippen LogP contribution < -0.4 is 9.80 Å². The minimum atomic E-state index is 0.103. The van der Waals surface area contributed by atoms with Gasteiger partial charge in [-0.05, 0) is 42.8 Å². The van der Waals surface area contributed by atoms with E-state index >= 15 is 0 Å². The van der Waals surface area contributed by atoms with Gasteiger partial charge in [-0.2, -0.15) is 0 Å². The van der Waals surface area contributed by atoms with E-state index in [4.69, 9.17) is 0 Å². The number of aryl methyl sites for hydroxylation is 1. The summed E-state index contributed by atoms with van der Waals surface area (Å²) < 4.78 is 0. The number of rotatable bonds is 2. The molecule has 2 amide bonds. The molecule has 2 aliphatic rings. The van der Waals surface area contributed by atoms with Crippen LogP contribution in [0.5, 0.6) is 0 Å². The van der Waals surface area contributed by atoms with Crippen LogP contribution >= 0.6 is 0 Å². The molecule has 2 aliphatic heterocycles. The molecule has 2 heterocycles. The van der Waals surface area contributed by atoms with E-state index in [0.29, 0.717) is 19.5 Å². The van der Waals surface area contributed by atoms with Crippen LogP contribution in [0.1, 0.15) is 21.5 Å². The molecule has 1 saturated heterocycles. The second-order valence-electron chi connectivity index (χ2n) is 7.09. The molecule has 1 fully saturated rings. The Morgan fingerprint density at radius 2 is 1.65 bits per heavy atom. The van der Waals surface area contributed by atoms with E-state index in [1.54, 1.807) is 4.90 Å². The predicted molar refractivity (Wildman–Crippen MR) is 103 cm³/mol. The minimum Gasteiger partial charge on any atom is -0.368 e. The van der Waals surface area contributed by atoms with Gasteiger partial charge in [-0.3, -0.25) is 9.59 Å². The van der Waals surface area contributed by atoms with Crippen molar-refractivity contribution in [2.45, 2.75) is 13.3 Å². The standard InChI is InChI=1S/C21H23N3O2/c1-15-3-5-16(6-4-15)21(26)24-11-9-23(10-12-24)18-7-8-19-17(13-18)14-20(25)22(19)2/h3-8,13H,9-12,14H2,1-2H3. The summed E-state index contributed by atoms with van der Waals surface area (Å²) in [4.78, 5) is 30.4. The van der Waals surface area contributed by atoms with Gasteiger partial charge < -0.3 is 14.7 Å². The molecule has 134 valence electrons. The lowest BCUT2D eigenvalue weighted by Crippen LogP contribution is -2.48. The lowest BCUT2D eigenvalue weighted by atomic mass is 10.1. The molecular formula is C21H23N3O2. The number of piperazine rings is 1. The first-order chi connectivity index (χ1) is 12.5. The fraction of sp³-hybridized carbons (Fsp3) is 0.333. The first-order valence-electron chi connectivity index (χ1n) is 9.03. The van der Waals surface area contributed by atoms with E-state index < -0.39 is 0 Å². The molecule has 2 aromatic carbocycles. The monoisotopic (exact) mass is 349 g/mol. The maximum absolute atomic E-state index is 12.6. The van der Waals surface area contributed by atoms with Crippen molar-refractivity contribution in [3.8, 4) is 0 Å². The van der Waals surface area contributed by atoms with Gasteiger partial charge in [0.25, 0.3) is 5.91 Å². The highest BCUT2D eigenvalue weighted by atomic mass is 16.2. The van der Waals surface area contributed by atoms with Gasteiger partial charge in [0.1, 0.15) is 0 Å². The zero-order valence-electron chi connectivity index (χ0n) is 15.2. The maximum atomic E-state index is 12.6. The highest BCUT2D eigenvalue weighted by molar-refractivity contribution is 6.01. The number of hydrogen-bond acceptors (Lipinski definition) is 3. The Labute approximate surface area is 153 Å². The zero-order valence-corrected chi connectivity index (χ0v) is 15.2. The van der Waals surface area contributed by atoms with Crippen molar-refractivity contribution < 1.29 is 9.59 Å². The van der Waals surface area contributed by atoms with Crippen molar-refractivity contribution in [3.05, 3.63) is 59.2 Å². The van der Waals surface area contributed by atoms with Crippen molar-refractivity contribution in [2.75, 3.05) is 43.0 Å². The summed E-state index contributed by atoms with van der Waals surface area (Å²) in [5.74, 6) is 0.247. The molecule has 4 rings (SSSR count). The molecule has 0 aliphatic carbocycles. The van der Waals surface area contributed by atoms with Crippen molar-refractivity contribution in [2.24, 2.45) is 0 Å². The van der Waals surface area contributed by atoms with Gasteiger partial charge in [0.05, 0.1) is 6.42 Å². The van der Waals surface area contributed by atoms with Crippen LogP contribution in [0.4, 0.5) is 11.4 Å². The number of nitrogens with zero attached hydrogens (tertiary/aromatic N) is 3. The van der Waals surface area contributed by atoms with Gasteiger partial charge in [-0.15, -0.1) is 0 Å². The Balaban J connectivity index is 1.43. The molecule has 0 bridgehead atoms. The molecule has 26 heavy (non-hydrogen) atoms. The van der Waals surface area contributed by atoms with Crippen LogP contribution in [0.2, 0.25) is 0 Å². The molecule has 0 radical (unpaired) electrons. The molecule has 5 heteroatoms. The Bertz CT molecular complexity index is 852. The van der Waals surface area contributed by atoms with Crippen molar-refractivity contribution >= 4 is 23.2 Å². The second-order valence-corrected chi connectivity index (χ2v) is 7.09. The van der Waals surface area contributed by atoms with Crippen molar-refractivity contribution in [3.63, 3.8) is 0 Å². The lowest BCUT2D eigenvalue weighted by Gasteiger charge is -2.36. The number of carbonyl (C=O) groups is 2. The summed E-state index contributed by atoms with van der Waals surface area (Å²) in [6, 6.07) is 14.0. The van der Waals surface area contributed by atoms with Gasteiger partial charge in [0.15, 0.2) is 0 Å². The quantitative estimate of drug-likeness (QED) is 0.837. The SMILES string of the molecule is Cc1ccc(C(=O)N2CCN(c3ccc4c(c3)CC(=O)N4C)CC2)cc1. The molecule has 0 saturated carbocycles. The highest BCUT2D eigenvalue weighted by Crippen LogP contribution is 2.31. The van der Waals surface area contributed by atoms with E-state index in [2.05, 4.69) is 17.0 Å². The number of carbonyl (C=O) groups excluding carboxylic acids is 2. The van der Waals surface area contributed by atoms with Gasteiger partial charge in [-0.1, -0.05) is 17.7 Å². The van der Waals surface area contributed by atoms with Crippen LogP contribution in [0, 0.1) is 6.92 Å². The first kappa shape index (κ1) is 16.6. The van der Waals surface area contributed by atoms with Gasteiger partial charge in [0, 0.05) is 50.2 Å². The summed E-state index contributed by atoms with van der Waals surface area (Å²) in [7, 11) is 1.82. The summed E-state index contributed by atoms with van der Waals surface area (Å²) >= 11 is 0. The fourth-order valence-electron chi connectivity index (χ4n) is 3.70. The van der Waals surface area contributed by atoms with Gasteiger partial charge >= 0.3 is 0 Å². The van der Waals surface area contributed by atoms with E-state index in [-0.39, 0.29) is 11.8 Å². The summed E-state index contributed by atoms with van der Waals surface area (Å²) in [6.45, 7) is 5.06. The third-order valence-electron chi connectivity index (χ3n) is 5.37. The number of likely N-dealkylation sites (N-methyl/N-ethyl adjacent to an activating group) is 1. The number of anilines is 2. The van der Waals surface area contributed by atoms with Crippen LogP contribution in [0.3, 0.4) is 0 Å². The first-order valence-corrected chi connectivity index (χ1v) is 9.03. The van der Waals surface area contributed by atoms with Crippen LogP contribution in [-0.2, 0) is 11.2 Å². The normalized spacial score (nSPS) is 16.8. The maximum Gasteiger partial charge on any atom is 0.253 e. The largest absolute Gasteiger partial charge is 0.368 e. The average molecular weight is 349 g/mol. The molecule has 0 N–H and O–H groups in total. The molecular weight excluding hydrogens is 326 g/mol. The Hall–Kier alpha value is -2.82. The smallest absolute Gasteiger partial charge is 0.253 e. The molecule has 5 nitrogen and oxygen atoms in total. The van der Waals surface area contributed by atoms with Crippen LogP contribution in [0.15, 0.2) is 42.5 Å². The van der Waals surface area contributed by atoms with E-state index in [9.17, 15) is 9.59 Å². The minimum absolute atomic E-state index is 0.103. The molecule has 0 unspecified atom stereocenters. The van der Waals surface area contributed by atoms with Crippen LogP contribution in [0.25, 0.3) is 0 Å². The predicted octanol–water partition coefficient (Wildman–Crippen LogP) is 2.48. The Morgan fingerprint density at radius 3 is 2.35 bits per heavy atom. The van der Waals surface area contributed by atoms with E-state index in [0.717, 1.165) is 41.2 Å². The number of amides is 2. The second kappa shape index (κ2) is 6.48. The number of hydrogen-bond donors (Lipinski definition) is 0. The topological polar surface area (TPSA) is 43.9 Å². The number of fused-ring (bicyclic) bond motifs is 1. The van der Waals surface area contributed by atoms with E-state index in [1.807, 2.05) is 49.2 Å². The van der Waals surface area contributed by atoms with Gasteiger partial charge in [0.2, 0.25) is 5.91 Å². The lowest BCUT2D eigenvalue weighted by molar-refractivity contribution is -0.117.